The average Bonchev–Trinajstić information content (AvgIpc) is 3.04. The zero-order valence-corrected chi connectivity index (χ0v) is 12.8. The first kappa shape index (κ1) is 16.0. The zero-order chi connectivity index (χ0) is 17.1. The van der Waals surface area contributed by atoms with E-state index in [0.717, 1.165) is 11.3 Å². The molecule has 3 heterocycles. The summed E-state index contributed by atoms with van der Waals surface area (Å²) >= 11 is 0. The summed E-state index contributed by atoms with van der Waals surface area (Å²) in [7, 11) is 0. The molecule has 0 aliphatic carbocycles. The molecule has 0 unspecified atom stereocenters. The van der Waals surface area contributed by atoms with Crippen LogP contribution in [0.1, 0.15) is 23.6 Å². The number of aryl methyl sites for hydroxylation is 3. The van der Waals surface area contributed by atoms with Crippen molar-refractivity contribution in [3.05, 3.63) is 64.2 Å². The molecular formula is C16H14F2N4O2. The van der Waals surface area contributed by atoms with E-state index in [2.05, 4.69) is 15.2 Å². The van der Waals surface area contributed by atoms with E-state index in [1.807, 2.05) is 19.1 Å². The van der Waals surface area contributed by atoms with Gasteiger partial charge in [-0.2, -0.15) is 8.78 Å². The highest BCUT2D eigenvalue weighted by atomic mass is 19.3. The average molecular weight is 332 g/mol. The van der Waals surface area contributed by atoms with E-state index in [1.54, 1.807) is 18.5 Å². The Bertz CT molecular complexity index is 905. The van der Waals surface area contributed by atoms with E-state index in [4.69, 9.17) is 4.42 Å². The minimum atomic E-state index is -2.84. The smallest absolute Gasteiger partial charge is 0.314 e. The maximum atomic E-state index is 12.5. The Morgan fingerprint density at radius 3 is 2.75 bits per heavy atom. The standard InChI is InChI=1S/C16H14F2N4O2/c1-10-8-11(2-5-19-10)3-6-22-7-4-12(9-13(22)23)15-20-21-16(24-15)14(17)18/h2,4-5,7-9,14H,3,6H2,1H3. The van der Waals surface area contributed by atoms with Gasteiger partial charge in [0.15, 0.2) is 0 Å². The van der Waals surface area contributed by atoms with Gasteiger partial charge in [-0.15, -0.1) is 10.2 Å². The summed E-state index contributed by atoms with van der Waals surface area (Å²) in [5.41, 5.74) is 2.05. The second-order valence-electron chi connectivity index (χ2n) is 5.25. The molecule has 0 atom stereocenters. The van der Waals surface area contributed by atoms with Crippen LogP contribution >= 0.6 is 0 Å². The first-order valence-corrected chi connectivity index (χ1v) is 7.27. The second-order valence-corrected chi connectivity index (χ2v) is 5.25. The molecule has 0 spiro atoms. The molecule has 0 saturated carbocycles. The molecule has 3 aromatic heterocycles. The predicted molar refractivity (Wildman–Crippen MR) is 81.6 cm³/mol. The lowest BCUT2D eigenvalue weighted by Crippen LogP contribution is -2.19. The van der Waals surface area contributed by atoms with E-state index in [-0.39, 0.29) is 11.4 Å². The summed E-state index contributed by atoms with van der Waals surface area (Å²) in [5, 5.41) is 6.78. The number of hydrogen-bond donors (Lipinski definition) is 0. The lowest BCUT2D eigenvalue weighted by atomic mass is 10.1. The Morgan fingerprint density at radius 1 is 1.25 bits per heavy atom. The highest BCUT2D eigenvalue weighted by molar-refractivity contribution is 5.50. The Morgan fingerprint density at radius 2 is 2.08 bits per heavy atom. The van der Waals surface area contributed by atoms with Gasteiger partial charge < -0.3 is 8.98 Å². The Hall–Kier alpha value is -2.90. The first-order chi connectivity index (χ1) is 11.5. The van der Waals surface area contributed by atoms with E-state index < -0.39 is 12.3 Å². The van der Waals surface area contributed by atoms with Crippen LogP contribution in [0.5, 0.6) is 0 Å². The molecule has 0 amide bonds. The Kier molecular flexibility index (Phi) is 4.45. The van der Waals surface area contributed by atoms with Crippen molar-refractivity contribution in [1.29, 1.82) is 0 Å². The number of nitrogens with zero attached hydrogens (tertiary/aromatic N) is 4. The largest absolute Gasteiger partial charge is 0.415 e. The lowest BCUT2D eigenvalue weighted by molar-refractivity contribution is 0.116. The van der Waals surface area contributed by atoms with Crippen molar-refractivity contribution in [2.45, 2.75) is 26.3 Å². The fourth-order valence-electron chi connectivity index (χ4n) is 2.27. The fourth-order valence-corrected chi connectivity index (χ4v) is 2.27. The van der Waals surface area contributed by atoms with Crippen molar-refractivity contribution < 1.29 is 13.2 Å². The first-order valence-electron chi connectivity index (χ1n) is 7.27. The van der Waals surface area contributed by atoms with Crippen molar-refractivity contribution in [3.63, 3.8) is 0 Å². The van der Waals surface area contributed by atoms with Crippen LogP contribution in [-0.2, 0) is 13.0 Å². The molecule has 0 aliphatic rings. The molecule has 124 valence electrons. The Labute approximate surface area is 135 Å². The van der Waals surface area contributed by atoms with Crippen LogP contribution in [0.25, 0.3) is 11.5 Å². The van der Waals surface area contributed by atoms with Gasteiger partial charge in [0, 0.05) is 36.3 Å². The molecule has 0 saturated heterocycles. The number of pyridine rings is 2. The van der Waals surface area contributed by atoms with Crippen LogP contribution in [-0.4, -0.2) is 19.7 Å². The van der Waals surface area contributed by atoms with E-state index in [9.17, 15) is 13.6 Å². The molecule has 0 fully saturated rings. The molecule has 6 nitrogen and oxygen atoms in total. The SMILES string of the molecule is Cc1cc(CCn2ccc(-c3nnc(C(F)F)o3)cc2=O)ccn1. The summed E-state index contributed by atoms with van der Waals surface area (Å²) in [5.74, 6) is -0.860. The molecule has 24 heavy (non-hydrogen) atoms. The monoisotopic (exact) mass is 332 g/mol. The predicted octanol–water partition coefficient (Wildman–Crippen LogP) is 2.78. The van der Waals surface area contributed by atoms with Crippen molar-refractivity contribution in [2.75, 3.05) is 0 Å². The third-order valence-corrected chi connectivity index (χ3v) is 3.47. The van der Waals surface area contributed by atoms with E-state index in [1.165, 1.54) is 10.6 Å². The number of halogens is 2. The van der Waals surface area contributed by atoms with Gasteiger partial charge in [0.05, 0.1) is 0 Å². The van der Waals surface area contributed by atoms with Gasteiger partial charge >= 0.3 is 6.43 Å². The van der Waals surface area contributed by atoms with E-state index in [0.29, 0.717) is 18.5 Å². The maximum Gasteiger partial charge on any atom is 0.314 e. The van der Waals surface area contributed by atoms with Crippen molar-refractivity contribution >= 4 is 0 Å². The minimum Gasteiger partial charge on any atom is -0.415 e. The van der Waals surface area contributed by atoms with Gasteiger partial charge in [-0.1, -0.05) is 0 Å². The quantitative estimate of drug-likeness (QED) is 0.718. The molecule has 0 aliphatic heterocycles. The van der Waals surface area contributed by atoms with Gasteiger partial charge in [-0.25, -0.2) is 0 Å². The Balaban J connectivity index is 1.76. The van der Waals surface area contributed by atoms with Crippen molar-refractivity contribution in [1.82, 2.24) is 19.7 Å². The third-order valence-electron chi connectivity index (χ3n) is 3.47. The molecule has 3 rings (SSSR count). The van der Waals surface area contributed by atoms with Crippen LogP contribution in [0.3, 0.4) is 0 Å². The van der Waals surface area contributed by atoms with Gasteiger partial charge in [0.1, 0.15) is 0 Å². The van der Waals surface area contributed by atoms with Crippen LogP contribution in [0.15, 0.2) is 45.9 Å². The number of alkyl halides is 2. The summed E-state index contributed by atoms with van der Waals surface area (Å²) in [6, 6.07) is 6.74. The summed E-state index contributed by atoms with van der Waals surface area (Å²) in [6.45, 7) is 2.40. The maximum absolute atomic E-state index is 12.5. The van der Waals surface area contributed by atoms with Gasteiger partial charge in [-0.05, 0) is 37.1 Å². The summed E-state index contributed by atoms with van der Waals surface area (Å²) < 4.78 is 31.3. The number of rotatable bonds is 5. The van der Waals surface area contributed by atoms with Crippen LogP contribution < -0.4 is 5.56 Å². The minimum absolute atomic E-state index is 0.0979. The van der Waals surface area contributed by atoms with Gasteiger partial charge in [0.2, 0.25) is 5.89 Å². The fraction of sp³-hybridized carbons (Fsp3) is 0.250. The molecule has 8 heteroatoms. The normalized spacial score (nSPS) is 11.2. The molecular weight excluding hydrogens is 318 g/mol. The molecule has 0 bridgehead atoms. The summed E-state index contributed by atoms with van der Waals surface area (Å²) in [6.07, 6.45) is 1.15. The lowest BCUT2D eigenvalue weighted by Gasteiger charge is -2.06. The van der Waals surface area contributed by atoms with E-state index >= 15 is 0 Å². The van der Waals surface area contributed by atoms with Crippen molar-refractivity contribution in [3.8, 4) is 11.5 Å². The van der Waals surface area contributed by atoms with Gasteiger partial charge in [0.25, 0.3) is 11.4 Å². The van der Waals surface area contributed by atoms with Crippen molar-refractivity contribution in [2.24, 2.45) is 0 Å². The van der Waals surface area contributed by atoms with Crippen LogP contribution in [0, 0.1) is 6.92 Å². The van der Waals surface area contributed by atoms with Crippen LogP contribution in [0.2, 0.25) is 0 Å². The van der Waals surface area contributed by atoms with Gasteiger partial charge in [-0.3, -0.25) is 9.78 Å². The topological polar surface area (TPSA) is 73.8 Å². The number of hydrogen-bond acceptors (Lipinski definition) is 5. The third kappa shape index (κ3) is 3.53. The zero-order valence-electron chi connectivity index (χ0n) is 12.8. The highest BCUT2D eigenvalue weighted by Gasteiger charge is 2.17. The summed E-state index contributed by atoms with van der Waals surface area (Å²) in [4.78, 5) is 16.3. The molecule has 3 aromatic rings. The molecule has 0 radical (unpaired) electrons. The molecule has 0 N–H and O–H groups in total. The molecule has 0 aromatic carbocycles. The second kappa shape index (κ2) is 6.69. The van der Waals surface area contributed by atoms with Crippen LogP contribution in [0.4, 0.5) is 8.78 Å². The highest BCUT2D eigenvalue weighted by Crippen LogP contribution is 2.22. The number of aromatic nitrogens is 4.